The highest BCUT2D eigenvalue weighted by Gasteiger charge is 2.21. The molecule has 3 heterocycles. The van der Waals surface area contributed by atoms with Crippen LogP contribution in [0.4, 0.5) is 11.8 Å². The van der Waals surface area contributed by atoms with Crippen molar-refractivity contribution in [2.75, 3.05) is 29.5 Å². The van der Waals surface area contributed by atoms with Gasteiger partial charge in [-0.2, -0.15) is 10.4 Å². The molecular formula is C27H32N8O. The summed E-state index contributed by atoms with van der Waals surface area (Å²) in [6, 6.07) is 12.1. The SMILES string of the molecule is CCOc1cnc(N(Cc2ccccc2C#N)Cc2cc3c(C)nn(C)c3nc2N(CC)CC)nc1. The monoisotopic (exact) mass is 484 g/mol. The minimum atomic E-state index is 0.472. The molecule has 9 nitrogen and oxygen atoms in total. The molecule has 3 aromatic heterocycles. The molecule has 36 heavy (non-hydrogen) atoms. The quantitative estimate of drug-likeness (QED) is 0.327. The molecule has 0 N–H and O–H groups in total. The van der Waals surface area contributed by atoms with Crippen molar-refractivity contribution in [3.63, 3.8) is 0 Å². The number of pyridine rings is 1. The number of aromatic nitrogens is 5. The first-order valence-electron chi connectivity index (χ1n) is 12.2. The second-order valence-electron chi connectivity index (χ2n) is 8.50. The zero-order chi connectivity index (χ0) is 25.7. The van der Waals surface area contributed by atoms with Gasteiger partial charge in [-0.15, -0.1) is 0 Å². The Morgan fingerprint density at radius 2 is 1.69 bits per heavy atom. The Kier molecular flexibility index (Phi) is 7.64. The van der Waals surface area contributed by atoms with Gasteiger partial charge in [-0.05, 0) is 45.4 Å². The standard InChI is InChI=1S/C27H32N8O/c1-6-34(7-2)25-22(13-24-19(4)32-33(5)26(24)31-25)18-35(17-21-12-10-9-11-20(21)14-28)27-29-15-23(16-30-27)36-8-3/h9-13,15-16H,6-8,17-18H2,1-5H3. The van der Waals surface area contributed by atoms with E-state index in [2.05, 4.69) is 50.8 Å². The zero-order valence-electron chi connectivity index (χ0n) is 21.6. The fourth-order valence-corrected chi connectivity index (χ4v) is 4.38. The number of fused-ring (bicyclic) bond motifs is 1. The second kappa shape index (κ2) is 11.0. The Morgan fingerprint density at radius 3 is 2.36 bits per heavy atom. The maximum absolute atomic E-state index is 9.68. The van der Waals surface area contributed by atoms with Crippen molar-refractivity contribution in [2.24, 2.45) is 7.05 Å². The molecule has 9 heteroatoms. The minimum absolute atomic E-state index is 0.472. The second-order valence-corrected chi connectivity index (χ2v) is 8.50. The molecule has 0 aliphatic carbocycles. The van der Waals surface area contributed by atoms with Crippen LogP contribution < -0.4 is 14.5 Å². The Bertz CT molecular complexity index is 1370. The van der Waals surface area contributed by atoms with Crippen molar-refractivity contribution in [1.82, 2.24) is 24.7 Å². The molecule has 0 bridgehead atoms. The normalized spacial score (nSPS) is 10.9. The zero-order valence-corrected chi connectivity index (χ0v) is 21.6. The molecule has 0 saturated heterocycles. The Balaban J connectivity index is 1.82. The summed E-state index contributed by atoms with van der Waals surface area (Å²) < 4.78 is 7.38. The van der Waals surface area contributed by atoms with Crippen LogP contribution in [0.1, 0.15) is 43.2 Å². The molecule has 0 aliphatic heterocycles. The third-order valence-electron chi connectivity index (χ3n) is 6.19. The third kappa shape index (κ3) is 5.08. The van der Waals surface area contributed by atoms with Crippen molar-refractivity contribution in [3.8, 4) is 11.8 Å². The van der Waals surface area contributed by atoms with E-state index in [0.29, 0.717) is 37.0 Å². The van der Waals surface area contributed by atoms with E-state index in [4.69, 9.17) is 9.72 Å². The van der Waals surface area contributed by atoms with Gasteiger partial charge in [0.2, 0.25) is 5.95 Å². The first-order valence-corrected chi connectivity index (χ1v) is 12.2. The van der Waals surface area contributed by atoms with Gasteiger partial charge in [0, 0.05) is 44.2 Å². The molecule has 0 aliphatic rings. The molecule has 4 rings (SSSR count). The van der Waals surface area contributed by atoms with Crippen molar-refractivity contribution >= 4 is 22.8 Å². The number of ether oxygens (including phenoxy) is 1. The molecule has 0 atom stereocenters. The van der Waals surface area contributed by atoms with Gasteiger partial charge < -0.3 is 14.5 Å². The maximum Gasteiger partial charge on any atom is 0.226 e. The van der Waals surface area contributed by atoms with Crippen LogP contribution in [0.5, 0.6) is 5.75 Å². The average Bonchev–Trinajstić information content (AvgIpc) is 3.17. The van der Waals surface area contributed by atoms with Gasteiger partial charge in [0.25, 0.3) is 0 Å². The number of nitriles is 1. The summed E-state index contributed by atoms with van der Waals surface area (Å²) in [6.45, 7) is 11.4. The molecule has 186 valence electrons. The summed E-state index contributed by atoms with van der Waals surface area (Å²) in [7, 11) is 1.92. The summed E-state index contributed by atoms with van der Waals surface area (Å²) in [5.41, 5.74) is 4.39. The first-order chi connectivity index (χ1) is 17.5. The number of aryl methyl sites for hydroxylation is 2. The van der Waals surface area contributed by atoms with Gasteiger partial charge in [0.1, 0.15) is 5.82 Å². The number of anilines is 2. The van der Waals surface area contributed by atoms with E-state index in [9.17, 15) is 5.26 Å². The topological polar surface area (TPSA) is 96.0 Å². The van der Waals surface area contributed by atoms with E-state index in [0.717, 1.165) is 46.8 Å². The van der Waals surface area contributed by atoms with Gasteiger partial charge in [0.05, 0.1) is 36.3 Å². The number of hydrogen-bond donors (Lipinski definition) is 0. The lowest BCUT2D eigenvalue weighted by atomic mass is 10.1. The highest BCUT2D eigenvalue weighted by atomic mass is 16.5. The lowest BCUT2D eigenvalue weighted by Gasteiger charge is -2.28. The third-order valence-corrected chi connectivity index (χ3v) is 6.19. The minimum Gasteiger partial charge on any atom is -0.491 e. The molecule has 0 fully saturated rings. The Morgan fingerprint density at radius 1 is 1.00 bits per heavy atom. The van der Waals surface area contributed by atoms with Crippen LogP contribution in [-0.2, 0) is 20.1 Å². The number of rotatable bonds is 10. The van der Waals surface area contributed by atoms with Crippen LogP contribution in [-0.4, -0.2) is 44.4 Å². The lowest BCUT2D eigenvalue weighted by molar-refractivity contribution is 0.337. The molecule has 4 aromatic rings. The van der Waals surface area contributed by atoms with Crippen LogP contribution in [0.15, 0.2) is 42.7 Å². The molecule has 1 aromatic carbocycles. The Hall–Kier alpha value is -4.19. The lowest BCUT2D eigenvalue weighted by Crippen LogP contribution is -2.29. The van der Waals surface area contributed by atoms with E-state index in [1.165, 1.54) is 0 Å². The van der Waals surface area contributed by atoms with Crippen LogP contribution in [0.25, 0.3) is 11.0 Å². The maximum atomic E-state index is 9.68. The summed E-state index contributed by atoms with van der Waals surface area (Å²) >= 11 is 0. The smallest absolute Gasteiger partial charge is 0.226 e. The van der Waals surface area contributed by atoms with Gasteiger partial charge in [-0.3, -0.25) is 4.68 Å². The number of benzene rings is 1. The predicted octanol–water partition coefficient (Wildman–Crippen LogP) is 4.39. The van der Waals surface area contributed by atoms with E-state index in [1.807, 2.05) is 49.8 Å². The Labute approximate surface area is 212 Å². The first kappa shape index (κ1) is 24.9. The molecule has 0 unspecified atom stereocenters. The summed E-state index contributed by atoms with van der Waals surface area (Å²) in [5, 5.41) is 15.3. The fourth-order valence-electron chi connectivity index (χ4n) is 4.38. The van der Waals surface area contributed by atoms with Crippen LogP contribution in [0.3, 0.4) is 0 Å². The molecule has 0 spiro atoms. The molecule has 0 radical (unpaired) electrons. The van der Waals surface area contributed by atoms with Crippen molar-refractivity contribution in [3.05, 3.63) is 65.1 Å². The van der Waals surface area contributed by atoms with E-state index < -0.39 is 0 Å². The fraction of sp³-hybridized carbons (Fsp3) is 0.370. The molecule has 0 saturated carbocycles. The van der Waals surface area contributed by atoms with Crippen molar-refractivity contribution in [1.29, 1.82) is 5.26 Å². The average molecular weight is 485 g/mol. The van der Waals surface area contributed by atoms with E-state index >= 15 is 0 Å². The predicted molar refractivity (Wildman–Crippen MR) is 141 cm³/mol. The highest BCUT2D eigenvalue weighted by molar-refractivity contribution is 5.81. The van der Waals surface area contributed by atoms with Crippen LogP contribution in [0, 0.1) is 18.3 Å². The largest absolute Gasteiger partial charge is 0.491 e. The molecule has 0 amide bonds. The van der Waals surface area contributed by atoms with Gasteiger partial charge >= 0.3 is 0 Å². The van der Waals surface area contributed by atoms with Gasteiger partial charge in [-0.1, -0.05) is 18.2 Å². The summed E-state index contributed by atoms with van der Waals surface area (Å²) in [6.07, 6.45) is 3.38. The van der Waals surface area contributed by atoms with Gasteiger partial charge in [-0.25, -0.2) is 15.0 Å². The van der Waals surface area contributed by atoms with E-state index in [-0.39, 0.29) is 0 Å². The van der Waals surface area contributed by atoms with Crippen molar-refractivity contribution < 1.29 is 4.74 Å². The van der Waals surface area contributed by atoms with E-state index in [1.54, 1.807) is 12.4 Å². The highest BCUT2D eigenvalue weighted by Crippen LogP contribution is 2.28. The number of hydrogen-bond acceptors (Lipinski definition) is 8. The summed E-state index contributed by atoms with van der Waals surface area (Å²) in [4.78, 5) is 18.6. The van der Waals surface area contributed by atoms with Crippen LogP contribution >= 0.6 is 0 Å². The van der Waals surface area contributed by atoms with Crippen LogP contribution in [0.2, 0.25) is 0 Å². The van der Waals surface area contributed by atoms with Gasteiger partial charge in [0.15, 0.2) is 11.4 Å². The summed E-state index contributed by atoms with van der Waals surface area (Å²) in [5.74, 6) is 2.09. The van der Waals surface area contributed by atoms with Crippen molar-refractivity contribution in [2.45, 2.75) is 40.8 Å². The molecular weight excluding hydrogens is 452 g/mol. The number of nitrogens with zero attached hydrogens (tertiary/aromatic N) is 8.